The minimum atomic E-state index is -0.756. The molecule has 1 aromatic heterocycles. The third kappa shape index (κ3) is 5.47. The summed E-state index contributed by atoms with van der Waals surface area (Å²) < 4.78 is 5.06. The van der Waals surface area contributed by atoms with E-state index in [-0.39, 0.29) is 42.0 Å². The van der Waals surface area contributed by atoms with E-state index >= 15 is 0 Å². The van der Waals surface area contributed by atoms with Crippen LogP contribution < -0.4 is 15.8 Å². The first-order valence-corrected chi connectivity index (χ1v) is 10.0. The fraction of sp³-hybridized carbons (Fsp3) is 0.368. The molecule has 14 heteroatoms. The van der Waals surface area contributed by atoms with Crippen LogP contribution in [0.3, 0.4) is 0 Å². The summed E-state index contributed by atoms with van der Waals surface area (Å²) in [5, 5.41) is 22.7. The number of nitrogens with one attached hydrogen (secondary N) is 2. The van der Waals surface area contributed by atoms with Gasteiger partial charge in [0.1, 0.15) is 6.33 Å². The highest BCUT2D eigenvalue weighted by molar-refractivity contribution is 5.95. The normalized spacial score (nSPS) is 15.4. The Morgan fingerprint density at radius 2 is 2.03 bits per heavy atom. The van der Waals surface area contributed by atoms with E-state index in [4.69, 9.17) is 4.74 Å². The van der Waals surface area contributed by atoms with Crippen LogP contribution in [0, 0.1) is 26.1 Å². The number of rotatable bonds is 8. The zero-order valence-electron chi connectivity index (χ0n) is 17.6. The lowest BCUT2D eigenvalue weighted by Crippen LogP contribution is -2.40. The molecular weight excluding hydrogens is 438 g/mol. The fourth-order valence-corrected chi connectivity index (χ4v) is 3.43. The van der Waals surface area contributed by atoms with Crippen molar-refractivity contribution in [1.29, 1.82) is 0 Å². The Morgan fingerprint density at radius 3 is 2.73 bits per heavy atom. The van der Waals surface area contributed by atoms with E-state index in [0.29, 0.717) is 19.4 Å². The number of hydrazine groups is 1. The van der Waals surface area contributed by atoms with Crippen LogP contribution in [0.4, 0.5) is 23.0 Å². The lowest BCUT2D eigenvalue weighted by molar-refractivity contribution is -0.384. The summed E-state index contributed by atoms with van der Waals surface area (Å²) in [6, 6.07) is 5.00. The van der Waals surface area contributed by atoms with Crippen molar-refractivity contribution in [1.82, 2.24) is 15.4 Å². The Bertz CT molecular complexity index is 1080. The average molecular weight is 459 g/mol. The second kappa shape index (κ2) is 10.3. The number of benzene rings is 1. The summed E-state index contributed by atoms with van der Waals surface area (Å²) in [6.07, 6.45) is 2.30. The maximum absolute atomic E-state index is 12.4. The molecule has 1 aliphatic heterocycles. The summed E-state index contributed by atoms with van der Waals surface area (Å²) in [7, 11) is 0. The van der Waals surface area contributed by atoms with Gasteiger partial charge in [-0.25, -0.2) is 9.97 Å². The number of aromatic nitrogens is 2. The van der Waals surface area contributed by atoms with Crippen molar-refractivity contribution < 1.29 is 24.2 Å². The number of piperidine rings is 1. The van der Waals surface area contributed by atoms with Crippen molar-refractivity contribution >= 4 is 34.9 Å². The van der Waals surface area contributed by atoms with Crippen molar-refractivity contribution in [3.05, 3.63) is 56.4 Å². The van der Waals surface area contributed by atoms with Crippen LogP contribution in [0.5, 0.6) is 0 Å². The van der Waals surface area contributed by atoms with Gasteiger partial charge in [0.05, 0.1) is 22.4 Å². The van der Waals surface area contributed by atoms with Crippen LogP contribution in [0.2, 0.25) is 0 Å². The number of hydrogen-bond donors (Lipinski definition) is 2. The van der Waals surface area contributed by atoms with Crippen LogP contribution in [0.25, 0.3) is 0 Å². The summed E-state index contributed by atoms with van der Waals surface area (Å²) in [5.74, 6) is -1.86. The van der Waals surface area contributed by atoms with E-state index in [2.05, 4.69) is 20.8 Å². The van der Waals surface area contributed by atoms with E-state index in [0.717, 1.165) is 12.4 Å². The zero-order valence-corrected chi connectivity index (χ0v) is 17.6. The Morgan fingerprint density at radius 1 is 1.24 bits per heavy atom. The second-order valence-electron chi connectivity index (χ2n) is 7.08. The maximum atomic E-state index is 12.4. The molecule has 2 aromatic rings. The molecule has 0 bridgehead atoms. The van der Waals surface area contributed by atoms with Crippen LogP contribution in [0.1, 0.15) is 30.1 Å². The van der Waals surface area contributed by atoms with Crippen molar-refractivity contribution in [2.24, 2.45) is 5.92 Å². The molecule has 14 nitrogen and oxygen atoms in total. The first-order chi connectivity index (χ1) is 15.8. The van der Waals surface area contributed by atoms with Crippen molar-refractivity contribution in [2.45, 2.75) is 19.8 Å². The Kier molecular flexibility index (Phi) is 7.27. The van der Waals surface area contributed by atoms with Gasteiger partial charge in [-0.1, -0.05) is 6.07 Å². The molecule has 1 atom stereocenters. The van der Waals surface area contributed by atoms with Gasteiger partial charge in [0.15, 0.2) is 0 Å². The molecule has 3 rings (SSSR count). The SMILES string of the molecule is CCOC(=O)C1CCCN(c2ncnc(NNC(=O)c3cccc([N+](=O)[O-])c3)c2[N+](=O)[O-])C1. The van der Waals surface area contributed by atoms with E-state index < -0.39 is 27.4 Å². The van der Waals surface area contributed by atoms with Gasteiger partial charge in [0.25, 0.3) is 11.6 Å². The highest BCUT2D eigenvalue weighted by atomic mass is 16.6. The van der Waals surface area contributed by atoms with E-state index in [9.17, 15) is 29.8 Å². The molecular formula is C19H21N7O7. The minimum absolute atomic E-state index is 0.00361. The third-order valence-corrected chi connectivity index (χ3v) is 4.94. The molecule has 0 spiro atoms. The maximum Gasteiger partial charge on any atom is 0.355 e. The number of anilines is 2. The van der Waals surface area contributed by atoms with Gasteiger partial charge in [0.2, 0.25) is 11.6 Å². The molecule has 1 aliphatic rings. The molecule has 1 saturated heterocycles. The van der Waals surface area contributed by atoms with E-state index in [1.807, 2.05) is 0 Å². The smallest absolute Gasteiger partial charge is 0.355 e. The first kappa shape index (κ1) is 23.3. The van der Waals surface area contributed by atoms with Crippen LogP contribution in [-0.4, -0.2) is 51.4 Å². The average Bonchev–Trinajstić information content (AvgIpc) is 2.82. The topological polar surface area (TPSA) is 183 Å². The van der Waals surface area contributed by atoms with E-state index in [1.165, 1.54) is 18.2 Å². The third-order valence-electron chi connectivity index (χ3n) is 4.94. The van der Waals surface area contributed by atoms with Crippen LogP contribution >= 0.6 is 0 Å². The molecule has 33 heavy (non-hydrogen) atoms. The molecule has 2 heterocycles. The number of nitro groups is 2. The molecule has 174 valence electrons. The number of carbonyl (C=O) groups is 2. The van der Waals surface area contributed by atoms with Gasteiger partial charge < -0.3 is 9.64 Å². The van der Waals surface area contributed by atoms with Crippen molar-refractivity contribution in [2.75, 3.05) is 30.0 Å². The summed E-state index contributed by atoms with van der Waals surface area (Å²) in [4.78, 5) is 55.4. The highest BCUT2D eigenvalue weighted by Crippen LogP contribution is 2.34. The number of nitrogens with zero attached hydrogens (tertiary/aromatic N) is 5. The number of amides is 1. The molecule has 0 aliphatic carbocycles. The van der Waals surface area contributed by atoms with E-state index in [1.54, 1.807) is 11.8 Å². The minimum Gasteiger partial charge on any atom is -0.466 e. The zero-order chi connectivity index (χ0) is 24.0. The fourth-order valence-electron chi connectivity index (χ4n) is 3.43. The van der Waals surface area contributed by atoms with Gasteiger partial charge >= 0.3 is 11.7 Å². The molecule has 1 fully saturated rings. The standard InChI is InChI=1S/C19H21N7O7/c1-2-33-19(28)13-6-4-8-24(10-13)17-15(26(31)32)16(20-11-21-17)22-23-18(27)12-5-3-7-14(9-12)25(29)30/h3,5,7,9,11,13H,2,4,6,8,10H2,1H3,(H,23,27)(H,20,21,22). The number of esters is 1. The van der Waals surface area contributed by atoms with Crippen molar-refractivity contribution in [3.8, 4) is 0 Å². The predicted molar refractivity (Wildman–Crippen MR) is 114 cm³/mol. The second-order valence-corrected chi connectivity index (χ2v) is 7.08. The van der Waals surface area contributed by atoms with Gasteiger partial charge in [0, 0.05) is 30.8 Å². The van der Waals surface area contributed by atoms with Crippen molar-refractivity contribution in [3.63, 3.8) is 0 Å². The monoisotopic (exact) mass is 459 g/mol. The summed E-state index contributed by atoms with van der Waals surface area (Å²) in [6.45, 7) is 2.57. The van der Waals surface area contributed by atoms with Gasteiger partial charge in [-0.05, 0) is 25.8 Å². The summed E-state index contributed by atoms with van der Waals surface area (Å²) in [5.41, 5.74) is 3.86. The molecule has 1 aromatic carbocycles. The lowest BCUT2D eigenvalue weighted by Gasteiger charge is -2.32. The van der Waals surface area contributed by atoms with Gasteiger partial charge in [-0.3, -0.25) is 40.7 Å². The first-order valence-electron chi connectivity index (χ1n) is 10.0. The Balaban J connectivity index is 1.80. The molecule has 1 unspecified atom stereocenters. The molecule has 1 amide bonds. The molecule has 2 N–H and O–H groups in total. The number of non-ortho nitro benzene ring substituents is 1. The Labute approximate surface area is 187 Å². The Hall–Kier alpha value is -4.36. The summed E-state index contributed by atoms with van der Waals surface area (Å²) >= 11 is 0. The largest absolute Gasteiger partial charge is 0.466 e. The van der Waals surface area contributed by atoms with Gasteiger partial charge in [-0.2, -0.15) is 0 Å². The number of nitro benzene ring substituents is 1. The number of ether oxygens (including phenoxy) is 1. The van der Waals surface area contributed by atoms with Crippen LogP contribution in [-0.2, 0) is 9.53 Å². The number of hydrogen-bond acceptors (Lipinski definition) is 11. The molecule has 0 radical (unpaired) electrons. The molecule has 0 saturated carbocycles. The highest BCUT2D eigenvalue weighted by Gasteiger charge is 2.33. The predicted octanol–water partition coefficient (Wildman–Crippen LogP) is 1.83. The van der Waals surface area contributed by atoms with Gasteiger partial charge in [-0.15, -0.1) is 0 Å². The quantitative estimate of drug-likeness (QED) is 0.333. The van der Waals surface area contributed by atoms with Crippen LogP contribution in [0.15, 0.2) is 30.6 Å². The lowest BCUT2D eigenvalue weighted by atomic mass is 9.98. The number of carbonyl (C=O) groups excluding carboxylic acids is 2.